The van der Waals surface area contributed by atoms with Crippen molar-refractivity contribution >= 4 is 66.0 Å². The summed E-state index contributed by atoms with van der Waals surface area (Å²) in [5.74, 6) is -0.312. The largest absolute Gasteiger partial charge is 0.325 e. The second-order valence-electron chi connectivity index (χ2n) is 9.22. The summed E-state index contributed by atoms with van der Waals surface area (Å²) in [6.45, 7) is 3.97. The van der Waals surface area contributed by atoms with Gasteiger partial charge in [-0.25, -0.2) is 36.8 Å². The van der Waals surface area contributed by atoms with Crippen molar-refractivity contribution in [3.8, 4) is 5.69 Å². The predicted octanol–water partition coefficient (Wildman–Crippen LogP) is 1.82. The van der Waals surface area contributed by atoms with E-state index in [1.807, 2.05) is 32.0 Å². The number of halogens is 1. The van der Waals surface area contributed by atoms with Gasteiger partial charge in [0.1, 0.15) is 15.2 Å². The van der Waals surface area contributed by atoms with E-state index in [9.17, 15) is 26.4 Å². The molecule has 210 valence electrons. The topological polar surface area (TPSA) is 202 Å². The molecule has 1 amide bonds. The average Bonchev–Trinajstić information content (AvgIpc) is 3.44. The Bertz CT molecular complexity index is 2010. The highest BCUT2D eigenvalue weighted by molar-refractivity contribution is 7.99. The minimum absolute atomic E-state index is 0.225. The van der Waals surface area contributed by atoms with Crippen LogP contribution in [-0.4, -0.2) is 47.8 Å². The Labute approximate surface area is 237 Å². The first-order chi connectivity index (χ1) is 18.6. The minimum atomic E-state index is -4.48. The van der Waals surface area contributed by atoms with Crippen LogP contribution in [0.3, 0.4) is 0 Å². The highest BCUT2D eigenvalue weighted by Crippen LogP contribution is 2.35. The van der Waals surface area contributed by atoms with Crippen LogP contribution in [0.15, 0.2) is 56.3 Å². The lowest BCUT2D eigenvalue weighted by Crippen LogP contribution is -2.28. The van der Waals surface area contributed by atoms with E-state index in [1.165, 1.54) is 22.5 Å². The zero-order chi connectivity index (χ0) is 29.1. The van der Waals surface area contributed by atoms with Crippen molar-refractivity contribution in [2.24, 2.45) is 10.3 Å². The van der Waals surface area contributed by atoms with E-state index in [4.69, 9.17) is 21.9 Å². The number of fused-ring (bicyclic) bond motifs is 2. The molecule has 0 spiro atoms. The van der Waals surface area contributed by atoms with Crippen molar-refractivity contribution in [3.63, 3.8) is 0 Å². The number of carbonyl (C=O) groups is 1. The number of aryl methyl sites for hydroxylation is 2. The van der Waals surface area contributed by atoms with Crippen molar-refractivity contribution < 1.29 is 21.6 Å². The molecule has 0 saturated carbocycles. The van der Waals surface area contributed by atoms with E-state index in [0.717, 1.165) is 22.9 Å². The lowest BCUT2D eigenvalue weighted by atomic mass is 10.1. The van der Waals surface area contributed by atoms with Crippen LogP contribution in [-0.2, 0) is 24.8 Å². The number of aromatic nitrogens is 4. The first-order valence-corrected chi connectivity index (χ1v) is 16.0. The third-order valence-corrected chi connectivity index (χ3v) is 9.87. The maximum absolute atomic E-state index is 13.4. The van der Waals surface area contributed by atoms with Crippen molar-refractivity contribution in [2.75, 3.05) is 11.1 Å². The zero-order valence-corrected chi connectivity index (χ0v) is 24.2. The Kier molecular flexibility index (Phi) is 7.04. The van der Waals surface area contributed by atoms with Gasteiger partial charge < -0.3 is 5.32 Å². The highest BCUT2D eigenvalue weighted by Gasteiger charge is 2.31. The van der Waals surface area contributed by atoms with Gasteiger partial charge in [0.15, 0.2) is 10.8 Å². The Balaban J connectivity index is 1.46. The molecule has 0 fully saturated rings. The molecule has 5 rings (SSSR count). The molecule has 0 aliphatic carbocycles. The molecule has 1 atom stereocenters. The molecule has 5 N–H and O–H groups in total. The van der Waals surface area contributed by atoms with Gasteiger partial charge in [0, 0.05) is 12.2 Å². The lowest BCUT2D eigenvalue weighted by Gasteiger charge is -2.16. The first-order valence-electron chi connectivity index (χ1n) is 11.5. The number of carbonyl (C=O) groups excluding carboxylic acids is 1. The number of nitrogens with one attached hydrogen (secondary N) is 1. The third-order valence-electron chi connectivity index (χ3n) is 6.45. The molecule has 2 aromatic carbocycles. The number of thioether (sulfide) groups is 1. The van der Waals surface area contributed by atoms with Crippen LogP contribution >= 0.6 is 23.4 Å². The second-order valence-corrected chi connectivity index (χ2v) is 13.7. The number of nitrogens with two attached hydrogens (primary N) is 2. The van der Waals surface area contributed by atoms with Crippen LogP contribution in [0.2, 0.25) is 5.02 Å². The maximum atomic E-state index is 13.4. The fraction of sp³-hybridized carbons (Fsp3) is 0.217. The summed E-state index contributed by atoms with van der Waals surface area (Å²) in [5, 5.41) is 17.4. The van der Waals surface area contributed by atoms with Gasteiger partial charge in [-0.15, -0.1) is 0 Å². The molecule has 17 heteroatoms. The van der Waals surface area contributed by atoms with E-state index < -0.39 is 46.8 Å². The number of primary sulfonamides is 2. The van der Waals surface area contributed by atoms with Gasteiger partial charge in [-0.2, -0.15) is 5.10 Å². The Morgan fingerprint density at radius 1 is 1.10 bits per heavy atom. The van der Waals surface area contributed by atoms with E-state index in [-0.39, 0.29) is 23.1 Å². The summed E-state index contributed by atoms with van der Waals surface area (Å²) in [4.78, 5) is 29.7. The van der Waals surface area contributed by atoms with Gasteiger partial charge in [-0.05, 0) is 49.2 Å². The molecule has 4 aromatic rings. The summed E-state index contributed by atoms with van der Waals surface area (Å²) < 4.78 is 50.8. The number of hydrogen-bond acceptors (Lipinski definition) is 9. The Morgan fingerprint density at radius 3 is 2.45 bits per heavy atom. The number of anilines is 1. The molecule has 1 aliphatic rings. The van der Waals surface area contributed by atoms with E-state index in [0.29, 0.717) is 22.6 Å². The number of nitrogens with zero attached hydrogens (tertiary/aromatic N) is 4. The molecule has 0 saturated heterocycles. The summed E-state index contributed by atoms with van der Waals surface area (Å²) in [7, 11) is -8.86. The molecule has 40 heavy (non-hydrogen) atoms. The minimum Gasteiger partial charge on any atom is -0.325 e. The van der Waals surface area contributed by atoms with Crippen LogP contribution in [0.5, 0.6) is 0 Å². The molecule has 3 heterocycles. The molecule has 0 bridgehead atoms. The van der Waals surface area contributed by atoms with Crippen LogP contribution < -0.4 is 21.2 Å². The van der Waals surface area contributed by atoms with Crippen LogP contribution in [0.1, 0.15) is 23.6 Å². The summed E-state index contributed by atoms with van der Waals surface area (Å²) in [6, 6.07) is 6.81. The second kappa shape index (κ2) is 9.97. The number of benzene rings is 2. The summed E-state index contributed by atoms with van der Waals surface area (Å²) >= 11 is 7.28. The zero-order valence-electron chi connectivity index (χ0n) is 21.0. The molecular formula is C23H22ClN7O6S3. The number of sulfonamides is 2. The van der Waals surface area contributed by atoms with Crippen LogP contribution in [0.4, 0.5) is 5.69 Å². The summed E-state index contributed by atoms with van der Waals surface area (Å²) in [6.07, 6.45) is 1.21. The monoisotopic (exact) mass is 623 g/mol. The fourth-order valence-electron chi connectivity index (χ4n) is 4.33. The van der Waals surface area contributed by atoms with Crippen molar-refractivity contribution in [1.82, 2.24) is 19.3 Å². The molecule has 2 aromatic heterocycles. The average molecular weight is 624 g/mol. The normalized spacial score (nSPS) is 15.4. The van der Waals surface area contributed by atoms with Gasteiger partial charge in [0.2, 0.25) is 26.0 Å². The molecule has 0 radical (unpaired) electrons. The van der Waals surface area contributed by atoms with Crippen molar-refractivity contribution in [2.45, 2.75) is 41.3 Å². The van der Waals surface area contributed by atoms with Gasteiger partial charge in [-0.3, -0.25) is 14.2 Å². The van der Waals surface area contributed by atoms with Crippen molar-refractivity contribution in [3.05, 3.63) is 63.0 Å². The maximum Gasteiger partial charge on any atom is 0.265 e. The van der Waals surface area contributed by atoms with E-state index >= 15 is 0 Å². The standard InChI is InChI=1S/C23H22ClN7O6S3/c1-11-3-4-13(5-12(11)2)31-21-15(9-27-31)22(33)30-14(10-38-23(30)29-21)6-20(32)28-17-7-16(24)18(39(25,34)35)8-19(17)40(26,36)37/h3-5,7-9,14H,6,10H2,1-2H3,(H,28,32)(H2,25,34,35)(H2,26,36,37). The van der Waals surface area contributed by atoms with Gasteiger partial charge in [0.25, 0.3) is 5.56 Å². The van der Waals surface area contributed by atoms with Crippen LogP contribution in [0.25, 0.3) is 16.7 Å². The molecule has 1 aliphatic heterocycles. The first kappa shape index (κ1) is 28.3. The highest BCUT2D eigenvalue weighted by atomic mass is 35.5. The number of hydrogen-bond donors (Lipinski definition) is 3. The number of rotatable bonds is 6. The molecular weight excluding hydrogens is 602 g/mol. The quantitative estimate of drug-likeness (QED) is 0.268. The smallest absolute Gasteiger partial charge is 0.265 e. The molecule has 1 unspecified atom stereocenters. The van der Waals surface area contributed by atoms with Gasteiger partial charge >= 0.3 is 0 Å². The fourth-order valence-corrected chi connectivity index (χ4v) is 7.33. The van der Waals surface area contributed by atoms with Gasteiger partial charge in [-0.1, -0.05) is 29.4 Å². The number of amides is 1. The van der Waals surface area contributed by atoms with Gasteiger partial charge in [0.05, 0.1) is 28.6 Å². The third kappa shape index (κ3) is 5.13. The predicted molar refractivity (Wildman–Crippen MR) is 150 cm³/mol. The van der Waals surface area contributed by atoms with Crippen molar-refractivity contribution in [1.29, 1.82) is 0 Å². The molecule has 13 nitrogen and oxygen atoms in total. The van der Waals surface area contributed by atoms with Crippen LogP contribution in [0, 0.1) is 13.8 Å². The lowest BCUT2D eigenvalue weighted by molar-refractivity contribution is -0.116. The Morgan fingerprint density at radius 2 is 1.80 bits per heavy atom. The SMILES string of the molecule is Cc1ccc(-n2ncc3c(=O)n4c(nc32)SCC4CC(=O)Nc2cc(Cl)c(S(N)(=O)=O)cc2S(N)(=O)=O)cc1C. The van der Waals surface area contributed by atoms with E-state index in [1.54, 1.807) is 4.68 Å². The summed E-state index contributed by atoms with van der Waals surface area (Å²) in [5.41, 5.74) is 2.62. The Hall–Kier alpha value is -3.28. The van der Waals surface area contributed by atoms with E-state index in [2.05, 4.69) is 15.4 Å².